The van der Waals surface area contributed by atoms with Crippen molar-refractivity contribution in [3.05, 3.63) is 17.9 Å². The molecule has 1 aliphatic rings. The summed E-state index contributed by atoms with van der Waals surface area (Å²) in [6.07, 6.45) is 1.49. The van der Waals surface area contributed by atoms with Crippen LogP contribution < -0.4 is 15.8 Å². The summed E-state index contributed by atoms with van der Waals surface area (Å²) in [5.74, 6) is -1.43. The van der Waals surface area contributed by atoms with E-state index in [0.29, 0.717) is 12.3 Å². The molecular weight excluding hydrogens is 285 g/mol. The van der Waals surface area contributed by atoms with Crippen LogP contribution >= 0.6 is 0 Å². The molecular formula is C14H19F3N2O2. The van der Waals surface area contributed by atoms with Crippen LogP contribution in [-0.4, -0.2) is 24.9 Å². The Morgan fingerprint density at radius 2 is 2.14 bits per heavy atom. The number of nitrogens with two attached hydrogens (primary N) is 1. The quantitative estimate of drug-likeness (QED) is 0.837. The van der Waals surface area contributed by atoms with Crippen LogP contribution in [0.2, 0.25) is 0 Å². The number of nitrogens with one attached hydrogen (secondary N) is 1. The summed E-state index contributed by atoms with van der Waals surface area (Å²) < 4.78 is 47.7. The first-order valence-corrected chi connectivity index (χ1v) is 6.71. The van der Waals surface area contributed by atoms with Crippen LogP contribution in [0.4, 0.5) is 24.5 Å². The van der Waals surface area contributed by atoms with Gasteiger partial charge in [0.2, 0.25) is 0 Å². The third kappa shape index (κ3) is 4.17. The number of rotatable bonds is 4. The number of hydrogen-bond donors (Lipinski definition) is 2. The molecule has 1 heterocycles. The molecule has 1 fully saturated rings. The van der Waals surface area contributed by atoms with E-state index in [1.54, 1.807) is 0 Å². The van der Waals surface area contributed by atoms with Gasteiger partial charge in [-0.2, -0.15) is 8.78 Å². The summed E-state index contributed by atoms with van der Waals surface area (Å²) in [6, 6.07) is 2.21. The Morgan fingerprint density at radius 1 is 1.43 bits per heavy atom. The first-order valence-electron chi connectivity index (χ1n) is 6.71. The minimum absolute atomic E-state index is 0.0703. The zero-order valence-corrected chi connectivity index (χ0v) is 12.0. The number of hydrogen-bond acceptors (Lipinski definition) is 4. The number of anilines is 2. The second kappa shape index (κ2) is 6.01. The predicted molar refractivity (Wildman–Crippen MR) is 74.1 cm³/mol. The Balaban J connectivity index is 2.15. The van der Waals surface area contributed by atoms with Crippen LogP contribution in [0.1, 0.15) is 26.7 Å². The molecule has 0 saturated carbocycles. The summed E-state index contributed by atoms with van der Waals surface area (Å²) in [5.41, 5.74) is 5.99. The normalized spacial score (nSPS) is 21.3. The van der Waals surface area contributed by atoms with E-state index in [9.17, 15) is 13.2 Å². The summed E-state index contributed by atoms with van der Waals surface area (Å²) in [5, 5.41) is 3.15. The van der Waals surface area contributed by atoms with Crippen LogP contribution in [0.25, 0.3) is 0 Å². The average Bonchev–Trinajstić information content (AvgIpc) is 2.33. The topological polar surface area (TPSA) is 56.5 Å². The summed E-state index contributed by atoms with van der Waals surface area (Å²) in [4.78, 5) is 0. The Bertz CT molecular complexity index is 509. The van der Waals surface area contributed by atoms with Crippen molar-refractivity contribution in [2.24, 2.45) is 0 Å². The Kier molecular flexibility index (Phi) is 4.51. The second-order valence-electron chi connectivity index (χ2n) is 5.69. The van der Waals surface area contributed by atoms with E-state index in [1.165, 1.54) is 6.07 Å². The minimum atomic E-state index is -3.09. The predicted octanol–water partition coefficient (Wildman–Crippen LogP) is 3.38. The molecule has 7 heteroatoms. The van der Waals surface area contributed by atoms with Crippen molar-refractivity contribution >= 4 is 11.4 Å². The van der Waals surface area contributed by atoms with Gasteiger partial charge in [0.15, 0.2) is 11.6 Å². The van der Waals surface area contributed by atoms with E-state index >= 15 is 0 Å². The highest BCUT2D eigenvalue weighted by Crippen LogP contribution is 2.32. The first-order chi connectivity index (χ1) is 9.77. The number of ether oxygens (including phenoxy) is 2. The molecule has 1 aromatic carbocycles. The summed E-state index contributed by atoms with van der Waals surface area (Å²) >= 11 is 0. The molecule has 2 rings (SSSR count). The van der Waals surface area contributed by atoms with Crippen molar-refractivity contribution in [3.8, 4) is 5.75 Å². The minimum Gasteiger partial charge on any atom is -0.432 e. The molecule has 1 unspecified atom stereocenters. The third-order valence-electron chi connectivity index (χ3n) is 3.38. The maximum atomic E-state index is 13.5. The molecule has 3 N–H and O–H groups in total. The largest absolute Gasteiger partial charge is 0.432 e. The fraction of sp³-hybridized carbons (Fsp3) is 0.571. The number of nitrogen functional groups attached to an aromatic ring is 1. The van der Waals surface area contributed by atoms with Gasteiger partial charge in [0.25, 0.3) is 0 Å². The van der Waals surface area contributed by atoms with Crippen LogP contribution in [0.3, 0.4) is 0 Å². The zero-order valence-electron chi connectivity index (χ0n) is 12.0. The van der Waals surface area contributed by atoms with Gasteiger partial charge in [0.1, 0.15) is 0 Å². The number of halogens is 3. The fourth-order valence-corrected chi connectivity index (χ4v) is 2.46. The molecule has 0 bridgehead atoms. The van der Waals surface area contributed by atoms with Crippen molar-refractivity contribution in [1.29, 1.82) is 0 Å². The Hall–Kier alpha value is -1.63. The van der Waals surface area contributed by atoms with Gasteiger partial charge in [-0.25, -0.2) is 4.39 Å². The van der Waals surface area contributed by atoms with Gasteiger partial charge in [-0.05, 0) is 26.7 Å². The van der Waals surface area contributed by atoms with E-state index in [4.69, 9.17) is 10.5 Å². The first kappa shape index (κ1) is 15.8. The van der Waals surface area contributed by atoms with Gasteiger partial charge in [-0.1, -0.05) is 0 Å². The van der Waals surface area contributed by atoms with E-state index in [2.05, 4.69) is 10.1 Å². The molecule has 118 valence electrons. The number of alkyl halides is 2. The van der Waals surface area contributed by atoms with Crippen LogP contribution in [0.15, 0.2) is 12.1 Å². The summed E-state index contributed by atoms with van der Waals surface area (Å²) in [7, 11) is 0. The SMILES string of the molecule is CC1(C)CC(Nc2cc(OC(F)F)c(F)cc2N)CCO1. The van der Waals surface area contributed by atoms with Crippen molar-refractivity contribution in [2.45, 2.75) is 44.9 Å². The highest BCUT2D eigenvalue weighted by atomic mass is 19.3. The van der Waals surface area contributed by atoms with Gasteiger partial charge < -0.3 is 20.5 Å². The average molecular weight is 304 g/mol. The van der Waals surface area contributed by atoms with E-state index in [-0.39, 0.29) is 17.3 Å². The lowest BCUT2D eigenvalue weighted by Gasteiger charge is -2.36. The van der Waals surface area contributed by atoms with Gasteiger partial charge >= 0.3 is 6.61 Å². The molecule has 21 heavy (non-hydrogen) atoms. The molecule has 4 nitrogen and oxygen atoms in total. The highest BCUT2D eigenvalue weighted by Gasteiger charge is 2.29. The molecule has 1 aromatic rings. The van der Waals surface area contributed by atoms with Gasteiger partial charge in [-0.3, -0.25) is 0 Å². The smallest absolute Gasteiger partial charge is 0.387 e. The zero-order chi connectivity index (χ0) is 15.6. The van der Waals surface area contributed by atoms with Gasteiger partial charge in [0.05, 0.1) is 17.0 Å². The fourth-order valence-electron chi connectivity index (χ4n) is 2.46. The van der Waals surface area contributed by atoms with Crippen molar-refractivity contribution in [2.75, 3.05) is 17.7 Å². The van der Waals surface area contributed by atoms with E-state index in [0.717, 1.165) is 18.9 Å². The third-order valence-corrected chi connectivity index (χ3v) is 3.38. The van der Waals surface area contributed by atoms with E-state index < -0.39 is 18.2 Å². The van der Waals surface area contributed by atoms with Crippen molar-refractivity contribution in [1.82, 2.24) is 0 Å². The number of benzene rings is 1. The van der Waals surface area contributed by atoms with Crippen LogP contribution in [0.5, 0.6) is 5.75 Å². The maximum absolute atomic E-state index is 13.5. The van der Waals surface area contributed by atoms with Crippen LogP contribution in [0, 0.1) is 5.82 Å². The van der Waals surface area contributed by atoms with E-state index in [1.807, 2.05) is 13.8 Å². The summed E-state index contributed by atoms with van der Waals surface area (Å²) in [6.45, 7) is 1.45. The molecule has 1 aliphatic heterocycles. The lowest BCUT2D eigenvalue weighted by Crippen LogP contribution is -2.40. The van der Waals surface area contributed by atoms with Crippen molar-refractivity contribution < 1.29 is 22.6 Å². The standard InChI is InChI=1S/C14H19F3N2O2/c1-14(2)7-8(3-4-20-14)19-11-6-12(21-13(16)17)9(15)5-10(11)18/h5-6,8,13,19H,3-4,7,18H2,1-2H3. The monoisotopic (exact) mass is 304 g/mol. The molecule has 0 radical (unpaired) electrons. The molecule has 0 spiro atoms. The van der Waals surface area contributed by atoms with Gasteiger partial charge in [0, 0.05) is 24.8 Å². The second-order valence-corrected chi connectivity index (χ2v) is 5.69. The van der Waals surface area contributed by atoms with Crippen LogP contribution in [-0.2, 0) is 4.74 Å². The molecule has 0 amide bonds. The Labute approximate surface area is 121 Å². The molecule has 0 aliphatic carbocycles. The van der Waals surface area contributed by atoms with Gasteiger partial charge in [-0.15, -0.1) is 0 Å². The maximum Gasteiger partial charge on any atom is 0.387 e. The lowest BCUT2D eigenvalue weighted by atomic mass is 9.93. The highest BCUT2D eigenvalue weighted by molar-refractivity contribution is 5.69. The van der Waals surface area contributed by atoms with Crippen molar-refractivity contribution in [3.63, 3.8) is 0 Å². The Morgan fingerprint density at radius 3 is 2.76 bits per heavy atom. The molecule has 1 atom stereocenters. The lowest BCUT2D eigenvalue weighted by molar-refractivity contribution is -0.0553. The molecule has 1 saturated heterocycles. The molecule has 0 aromatic heterocycles.